The van der Waals surface area contributed by atoms with E-state index in [1.807, 2.05) is 25.3 Å². The summed E-state index contributed by atoms with van der Waals surface area (Å²) in [6.45, 7) is 8.54. The molecule has 0 atom stereocenters. The number of nitrogens with zero attached hydrogens (tertiary/aromatic N) is 2. The Morgan fingerprint density at radius 2 is 1.80 bits per heavy atom. The second-order valence-corrected chi connectivity index (χ2v) is 4.93. The standard InChI is InChI=1S/C13H16N2/c1-9-5-6-10-11(15-9)7-8-14-12(10)13(2,3)4/h5-8H,1-4H3. The number of fused-ring (bicyclic) bond motifs is 1. The zero-order valence-corrected chi connectivity index (χ0v) is 9.70. The Morgan fingerprint density at radius 1 is 1.07 bits per heavy atom. The molecule has 0 radical (unpaired) electrons. The topological polar surface area (TPSA) is 25.8 Å². The molecular formula is C13H16N2. The van der Waals surface area contributed by atoms with Crippen molar-refractivity contribution in [1.29, 1.82) is 0 Å². The van der Waals surface area contributed by atoms with Crippen LogP contribution in [0.25, 0.3) is 10.9 Å². The molecule has 2 aromatic rings. The Hall–Kier alpha value is -1.44. The summed E-state index contributed by atoms with van der Waals surface area (Å²) < 4.78 is 0. The van der Waals surface area contributed by atoms with Gasteiger partial charge in [-0.3, -0.25) is 9.97 Å². The summed E-state index contributed by atoms with van der Waals surface area (Å²) in [5.41, 5.74) is 3.27. The third-order valence-electron chi connectivity index (χ3n) is 2.47. The van der Waals surface area contributed by atoms with Crippen molar-refractivity contribution < 1.29 is 0 Å². The summed E-state index contributed by atoms with van der Waals surface area (Å²) in [7, 11) is 0. The predicted octanol–water partition coefficient (Wildman–Crippen LogP) is 3.24. The van der Waals surface area contributed by atoms with Crippen molar-refractivity contribution in [3.63, 3.8) is 0 Å². The van der Waals surface area contributed by atoms with Gasteiger partial charge in [0.15, 0.2) is 0 Å². The van der Waals surface area contributed by atoms with Crippen LogP contribution < -0.4 is 0 Å². The maximum atomic E-state index is 4.51. The Labute approximate surface area is 90.4 Å². The zero-order valence-electron chi connectivity index (χ0n) is 9.70. The molecule has 0 aliphatic rings. The van der Waals surface area contributed by atoms with E-state index in [0.717, 1.165) is 22.3 Å². The Balaban J connectivity index is 2.77. The first kappa shape index (κ1) is 10.1. The van der Waals surface area contributed by atoms with Crippen LogP contribution >= 0.6 is 0 Å². The van der Waals surface area contributed by atoms with Crippen molar-refractivity contribution in [3.8, 4) is 0 Å². The molecule has 0 saturated heterocycles. The van der Waals surface area contributed by atoms with Crippen LogP contribution in [0.2, 0.25) is 0 Å². The molecule has 2 heterocycles. The second kappa shape index (κ2) is 3.30. The SMILES string of the molecule is Cc1ccc2c(C(C)(C)C)nccc2n1. The van der Waals surface area contributed by atoms with E-state index in [0.29, 0.717) is 0 Å². The summed E-state index contributed by atoms with van der Waals surface area (Å²) in [5.74, 6) is 0. The fourth-order valence-electron chi connectivity index (χ4n) is 1.75. The molecular weight excluding hydrogens is 184 g/mol. The minimum absolute atomic E-state index is 0.0659. The summed E-state index contributed by atoms with van der Waals surface area (Å²) in [4.78, 5) is 8.98. The summed E-state index contributed by atoms with van der Waals surface area (Å²) in [5, 5.41) is 1.16. The van der Waals surface area contributed by atoms with E-state index >= 15 is 0 Å². The molecule has 0 aromatic carbocycles. The second-order valence-electron chi connectivity index (χ2n) is 4.93. The first-order valence-corrected chi connectivity index (χ1v) is 5.21. The van der Waals surface area contributed by atoms with E-state index in [-0.39, 0.29) is 5.41 Å². The summed E-state index contributed by atoms with van der Waals surface area (Å²) in [6.07, 6.45) is 1.84. The van der Waals surface area contributed by atoms with Crippen LogP contribution in [0.15, 0.2) is 24.4 Å². The van der Waals surface area contributed by atoms with Crippen molar-refractivity contribution in [2.45, 2.75) is 33.1 Å². The largest absolute Gasteiger partial charge is 0.260 e. The molecule has 2 nitrogen and oxygen atoms in total. The minimum atomic E-state index is 0.0659. The molecule has 2 rings (SSSR count). The van der Waals surface area contributed by atoms with E-state index in [4.69, 9.17) is 0 Å². The van der Waals surface area contributed by atoms with Crippen LogP contribution in [0, 0.1) is 6.92 Å². The lowest BCUT2D eigenvalue weighted by atomic mass is 9.89. The number of hydrogen-bond acceptors (Lipinski definition) is 2. The molecule has 0 aliphatic carbocycles. The zero-order chi connectivity index (χ0) is 11.1. The van der Waals surface area contributed by atoms with Crippen molar-refractivity contribution in [1.82, 2.24) is 9.97 Å². The lowest BCUT2D eigenvalue weighted by Gasteiger charge is -2.19. The van der Waals surface area contributed by atoms with E-state index in [9.17, 15) is 0 Å². The van der Waals surface area contributed by atoms with Gasteiger partial charge in [0.05, 0.1) is 11.2 Å². The first-order chi connectivity index (χ1) is 6.98. The fourth-order valence-corrected chi connectivity index (χ4v) is 1.75. The van der Waals surface area contributed by atoms with Gasteiger partial charge < -0.3 is 0 Å². The first-order valence-electron chi connectivity index (χ1n) is 5.21. The highest BCUT2D eigenvalue weighted by atomic mass is 14.7. The molecule has 0 N–H and O–H groups in total. The van der Waals surface area contributed by atoms with Crippen molar-refractivity contribution >= 4 is 10.9 Å². The molecule has 0 bridgehead atoms. The monoisotopic (exact) mass is 200 g/mol. The fraction of sp³-hybridized carbons (Fsp3) is 0.385. The highest BCUT2D eigenvalue weighted by Crippen LogP contribution is 2.26. The van der Waals surface area contributed by atoms with Gasteiger partial charge in [-0.2, -0.15) is 0 Å². The number of aryl methyl sites for hydroxylation is 1. The van der Waals surface area contributed by atoms with E-state index in [1.165, 1.54) is 0 Å². The number of hydrogen-bond donors (Lipinski definition) is 0. The molecule has 0 spiro atoms. The third-order valence-corrected chi connectivity index (χ3v) is 2.47. The van der Waals surface area contributed by atoms with E-state index < -0.39 is 0 Å². The van der Waals surface area contributed by atoms with Gasteiger partial charge in [0.2, 0.25) is 0 Å². The molecule has 78 valence electrons. The molecule has 0 unspecified atom stereocenters. The van der Waals surface area contributed by atoms with Crippen LogP contribution in [0.5, 0.6) is 0 Å². The summed E-state index contributed by atoms with van der Waals surface area (Å²) >= 11 is 0. The van der Waals surface area contributed by atoms with Crippen molar-refractivity contribution in [2.75, 3.05) is 0 Å². The Morgan fingerprint density at radius 3 is 2.47 bits per heavy atom. The van der Waals surface area contributed by atoms with Crippen LogP contribution in [0.3, 0.4) is 0 Å². The van der Waals surface area contributed by atoms with Gasteiger partial charge in [-0.25, -0.2) is 0 Å². The van der Waals surface area contributed by atoms with Crippen LogP contribution in [-0.2, 0) is 5.41 Å². The third kappa shape index (κ3) is 1.84. The number of rotatable bonds is 0. The smallest absolute Gasteiger partial charge is 0.0739 e. The average Bonchev–Trinajstić information content (AvgIpc) is 2.15. The number of pyridine rings is 2. The van der Waals surface area contributed by atoms with E-state index in [2.05, 4.69) is 36.8 Å². The highest BCUT2D eigenvalue weighted by molar-refractivity contribution is 5.81. The molecule has 2 aromatic heterocycles. The van der Waals surface area contributed by atoms with Gasteiger partial charge >= 0.3 is 0 Å². The Bertz CT molecular complexity index is 495. The predicted molar refractivity (Wildman–Crippen MR) is 63.0 cm³/mol. The molecule has 0 aliphatic heterocycles. The molecule has 2 heteroatoms. The van der Waals surface area contributed by atoms with Crippen LogP contribution in [-0.4, -0.2) is 9.97 Å². The number of aromatic nitrogens is 2. The van der Waals surface area contributed by atoms with Crippen molar-refractivity contribution in [2.24, 2.45) is 0 Å². The van der Waals surface area contributed by atoms with Crippen molar-refractivity contribution in [3.05, 3.63) is 35.8 Å². The molecule has 0 fully saturated rings. The van der Waals surface area contributed by atoms with Gasteiger partial charge in [0.25, 0.3) is 0 Å². The maximum absolute atomic E-state index is 4.51. The van der Waals surface area contributed by atoms with E-state index in [1.54, 1.807) is 0 Å². The van der Waals surface area contributed by atoms with Gasteiger partial charge in [-0.1, -0.05) is 20.8 Å². The quantitative estimate of drug-likeness (QED) is 0.652. The molecule has 0 saturated carbocycles. The van der Waals surface area contributed by atoms with Gasteiger partial charge in [-0.15, -0.1) is 0 Å². The normalized spacial score (nSPS) is 12.0. The molecule has 15 heavy (non-hydrogen) atoms. The van der Waals surface area contributed by atoms with Gasteiger partial charge in [0.1, 0.15) is 0 Å². The highest BCUT2D eigenvalue weighted by Gasteiger charge is 2.18. The minimum Gasteiger partial charge on any atom is -0.260 e. The van der Waals surface area contributed by atoms with Gasteiger partial charge in [0, 0.05) is 22.7 Å². The lowest BCUT2D eigenvalue weighted by Crippen LogP contribution is -2.14. The molecule has 0 amide bonds. The van der Waals surface area contributed by atoms with Crippen LogP contribution in [0.4, 0.5) is 0 Å². The lowest BCUT2D eigenvalue weighted by molar-refractivity contribution is 0.575. The van der Waals surface area contributed by atoms with Gasteiger partial charge in [-0.05, 0) is 25.1 Å². The summed E-state index contributed by atoms with van der Waals surface area (Å²) in [6, 6.07) is 6.13. The average molecular weight is 200 g/mol. The maximum Gasteiger partial charge on any atom is 0.0739 e. The van der Waals surface area contributed by atoms with Crippen LogP contribution in [0.1, 0.15) is 32.2 Å². The Kier molecular flexibility index (Phi) is 2.22.